The number of nitrogens with zero attached hydrogens (tertiary/aromatic N) is 1. The van der Waals surface area contributed by atoms with Gasteiger partial charge in [-0.3, -0.25) is 0 Å². The summed E-state index contributed by atoms with van der Waals surface area (Å²) in [6, 6.07) is 8.78. The van der Waals surface area contributed by atoms with E-state index in [1.165, 1.54) is 11.3 Å². The number of ether oxygens (including phenoxy) is 1. The lowest BCUT2D eigenvalue weighted by molar-refractivity contribution is 0.122. The van der Waals surface area contributed by atoms with Gasteiger partial charge in [-0.1, -0.05) is 19.1 Å². The van der Waals surface area contributed by atoms with Crippen LogP contribution in [-0.4, -0.2) is 26.3 Å². The van der Waals surface area contributed by atoms with Gasteiger partial charge in [-0.25, -0.2) is 0 Å². The molecule has 1 heterocycles. The first-order valence-electron chi connectivity index (χ1n) is 5.66. The van der Waals surface area contributed by atoms with E-state index in [-0.39, 0.29) is 0 Å². The standard InChI is InChI=1S/C13H18NO/c1-2-3-12-4-6-13(7-5-12)14-8-10-15-11-9-14/h3-7H,2,8-11H2,1H3. The van der Waals surface area contributed by atoms with Gasteiger partial charge >= 0.3 is 0 Å². The lowest BCUT2D eigenvalue weighted by Gasteiger charge is -2.28. The fraction of sp³-hybridized carbons (Fsp3) is 0.462. The largest absolute Gasteiger partial charge is 0.378 e. The lowest BCUT2D eigenvalue weighted by Crippen LogP contribution is -2.36. The molecule has 0 saturated carbocycles. The summed E-state index contributed by atoms with van der Waals surface area (Å²) >= 11 is 0. The quantitative estimate of drug-likeness (QED) is 0.750. The molecule has 0 bridgehead atoms. The van der Waals surface area contributed by atoms with Crippen molar-refractivity contribution in [3.8, 4) is 0 Å². The van der Waals surface area contributed by atoms with Crippen LogP contribution in [0.25, 0.3) is 0 Å². The molecule has 1 aliphatic heterocycles. The van der Waals surface area contributed by atoms with E-state index in [2.05, 4.69) is 42.5 Å². The molecule has 0 spiro atoms. The number of morpholine rings is 1. The molecular weight excluding hydrogens is 186 g/mol. The van der Waals surface area contributed by atoms with Gasteiger partial charge in [-0.15, -0.1) is 0 Å². The van der Waals surface area contributed by atoms with Crippen LogP contribution in [-0.2, 0) is 4.74 Å². The van der Waals surface area contributed by atoms with Gasteiger partial charge in [0, 0.05) is 18.8 Å². The van der Waals surface area contributed by atoms with E-state index in [1.54, 1.807) is 0 Å². The molecule has 0 unspecified atom stereocenters. The first-order chi connectivity index (χ1) is 7.40. The highest BCUT2D eigenvalue weighted by Gasteiger charge is 2.10. The van der Waals surface area contributed by atoms with Gasteiger partial charge in [0.05, 0.1) is 13.2 Å². The van der Waals surface area contributed by atoms with Crippen molar-refractivity contribution in [2.75, 3.05) is 31.2 Å². The molecule has 0 N–H and O–H groups in total. The van der Waals surface area contributed by atoms with Crippen molar-refractivity contribution in [1.82, 2.24) is 0 Å². The Morgan fingerprint density at radius 3 is 2.47 bits per heavy atom. The molecule has 15 heavy (non-hydrogen) atoms. The zero-order chi connectivity index (χ0) is 10.5. The summed E-state index contributed by atoms with van der Waals surface area (Å²) < 4.78 is 5.34. The topological polar surface area (TPSA) is 12.5 Å². The number of hydrogen-bond acceptors (Lipinski definition) is 2. The molecule has 1 aromatic carbocycles. The van der Waals surface area contributed by atoms with Crippen LogP contribution in [0.2, 0.25) is 0 Å². The highest BCUT2D eigenvalue weighted by atomic mass is 16.5. The molecule has 2 rings (SSSR count). The van der Waals surface area contributed by atoms with E-state index in [0.717, 1.165) is 32.7 Å². The summed E-state index contributed by atoms with van der Waals surface area (Å²) in [6.45, 7) is 5.88. The van der Waals surface area contributed by atoms with Crippen LogP contribution in [0.15, 0.2) is 24.3 Å². The average molecular weight is 204 g/mol. The minimum Gasteiger partial charge on any atom is -0.378 e. The van der Waals surface area contributed by atoms with Crippen molar-refractivity contribution in [3.05, 3.63) is 36.2 Å². The van der Waals surface area contributed by atoms with Crippen LogP contribution in [0.1, 0.15) is 18.9 Å². The third-order valence-electron chi connectivity index (χ3n) is 2.71. The minimum atomic E-state index is 0.850. The summed E-state index contributed by atoms with van der Waals surface area (Å²) in [5, 5.41) is 0. The van der Waals surface area contributed by atoms with E-state index in [4.69, 9.17) is 4.74 Å². The van der Waals surface area contributed by atoms with Crippen LogP contribution in [0.3, 0.4) is 0 Å². The normalized spacial score (nSPS) is 16.7. The maximum Gasteiger partial charge on any atom is 0.0642 e. The zero-order valence-corrected chi connectivity index (χ0v) is 9.28. The number of anilines is 1. The van der Waals surface area contributed by atoms with E-state index in [9.17, 15) is 0 Å². The molecule has 0 atom stereocenters. The molecule has 2 heteroatoms. The summed E-state index contributed by atoms with van der Waals surface area (Å²) in [6.07, 6.45) is 3.33. The molecule has 1 saturated heterocycles. The maximum absolute atomic E-state index is 5.34. The van der Waals surface area contributed by atoms with Crippen molar-refractivity contribution in [2.24, 2.45) is 0 Å². The number of rotatable bonds is 3. The molecule has 1 radical (unpaired) electrons. The van der Waals surface area contributed by atoms with Crippen molar-refractivity contribution < 1.29 is 4.74 Å². The third kappa shape index (κ3) is 2.72. The Morgan fingerprint density at radius 2 is 1.87 bits per heavy atom. The molecule has 0 aliphatic carbocycles. The van der Waals surface area contributed by atoms with Gasteiger partial charge in [-0.05, 0) is 30.5 Å². The van der Waals surface area contributed by atoms with Crippen molar-refractivity contribution in [1.29, 1.82) is 0 Å². The van der Waals surface area contributed by atoms with Crippen LogP contribution in [0.5, 0.6) is 0 Å². The smallest absolute Gasteiger partial charge is 0.0642 e. The second-order valence-electron chi connectivity index (χ2n) is 3.80. The van der Waals surface area contributed by atoms with Crippen molar-refractivity contribution in [3.63, 3.8) is 0 Å². The van der Waals surface area contributed by atoms with Gasteiger partial charge in [0.2, 0.25) is 0 Å². The summed E-state index contributed by atoms with van der Waals surface area (Å²) in [5.41, 5.74) is 2.63. The van der Waals surface area contributed by atoms with Crippen molar-refractivity contribution >= 4 is 5.69 Å². The van der Waals surface area contributed by atoms with Gasteiger partial charge in [0.1, 0.15) is 0 Å². The number of hydrogen-bond donors (Lipinski definition) is 0. The second kappa shape index (κ2) is 5.17. The first-order valence-corrected chi connectivity index (χ1v) is 5.66. The molecule has 1 fully saturated rings. The van der Waals surface area contributed by atoms with Gasteiger partial charge < -0.3 is 9.64 Å². The Labute approximate surface area is 91.9 Å². The predicted octanol–water partition coefficient (Wildman–Crippen LogP) is 2.49. The highest BCUT2D eigenvalue weighted by Crippen LogP contribution is 2.17. The maximum atomic E-state index is 5.34. The van der Waals surface area contributed by atoms with Gasteiger partial charge in [-0.2, -0.15) is 0 Å². The molecule has 2 nitrogen and oxygen atoms in total. The molecule has 0 aromatic heterocycles. The zero-order valence-electron chi connectivity index (χ0n) is 9.28. The van der Waals surface area contributed by atoms with E-state index < -0.39 is 0 Å². The average Bonchev–Trinajstić information content (AvgIpc) is 2.32. The van der Waals surface area contributed by atoms with Crippen LogP contribution in [0, 0.1) is 6.42 Å². The first kappa shape index (κ1) is 10.5. The van der Waals surface area contributed by atoms with Gasteiger partial charge in [0.15, 0.2) is 0 Å². The molecular formula is C13H18NO. The van der Waals surface area contributed by atoms with E-state index >= 15 is 0 Å². The number of benzene rings is 1. The van der Waals surface area contributed by atoms with Crippen LogP contribution in [0.4, 0.5) is 5.69 Å². The summed E-state index contributed by atoms with van der Waals surface area (Å²) in [4.78, 5) is 2.37. The monoisotopic (exact) mass is 204 g/mol. The van der Waals surface area contributed by atoms with Crippen LogP contribution >= 0.6 is 0 Å². The molecule has 1 aliphatic rings. The SMILES string of the molecule is CC[CH]c1ccc(N2CCOCC2)cc1. The molecule has 0 amide bonds. The van der Waals surface area contributed by atoms with Crippen molar-refractivity contribution in [2.45, 2.75) is 13.3 Å². The fourth-order valence-electron chi connectivity index (χ4n) is 1.88. The Bertz CT molecular complexity index is 288. The fourth-order valence-corrected chi connectivity index (χ4v) is 1.88. The van der Waals surface area contributed by atoms with Crippen LogP contribution < -0.4 is 4.90 Å². The Kier molecular flexibility index (Phi) is 3.62. The Hall–Kier alpha value is -1.02. The highest BCUT2D eigenvalue weighted by molar-refractivity contribution is 5.48. The molecule has 1 aromatic rings. The third-order valence-corrected chi connectivity index (χ3v) is 2.71. The molecule has 81 valence electrons. The Morgan fingerprint density at radius 1 is 1.20 bits per heavy atom. The van der Waals surface area contributed by atoms with Gasteiger partial charge in [0.25, 0.3) is 0 Å². The van der Waals surface area contributed by atoms with E-state index in [0.29, 0.717) is 0 Å². The second-order valence-corrected chi connectivity index (χ2v) is 3.80. The van der Waals surface area contributed by atoms with E-state index in [1.807, 2.05) is 0 Å². The predicted molar refractivity (Wildman–Crippen MR) is 63.2 cm³/mol. The lowest BCUT2D eigenvalue weighted by atomic mass is 10.1. The Balaban J connectivity index is 2.02. The summed E-state index contributed by atoms with van der Waals surface area (Å²) in [7, 11) is 0. The summed E-state index contributed by atoms with van der Waals surface area (Å²) in [5.74, 6) is 0. The minimum absolute atomic E-state index is 0.850.